The molecule has 0 aromatic rings. The van der Waals surface area contributed by atoms with E-state index < -0.39 is 5.97 Å². The van der Waals surface area contributed by atoms with Gasteiger partial charge in [0.15, 0.2) is 0 Å². The summed E-state index contributed by atoms with van der Waals surface area (Å²) in [5.41, 5.74) is 5.73. The van der Waals surface area contributed by atoms with E-state index in [4.69, 9.17) is 10.8 Å². The SMILES string of the molecule is CCN(CC(=O)O)C(=O)CCC(CCN)C(C)(C)C. The molecule has 0 aromatic carbocycles. The van der Waals surface area contributed by atoms with Crippen LogP contribution >= 0.6 is 0 Å². The number of hydrogen-bond donors (Lipinski definition) is 2. The van der Waals surface area contributed by atoms with Crippen LogP contribution in [0.1, 0.15) is 47.0 Å². The van der Waals surface area contributed by atoms with Crippen LogP contribution in [0.5, 0.6) is 0 Å². The molecule has 0 saturated heterocycles. The molecule has 0 saturated carbocycles. The van der Waals surface area contributed by atoms with Crippen molar-refractivity contribution in [2.24, 2.45) is 17.1 Å². The first-order chi connectivity index (χ1) is 8.72. The number of carbonyl (C=O) groups is 2. The average molecular weight is 272 g/mol. The number of carboxylic acid groups (broad SMARTS) is 1. The number of hydrogen-bond acceptors (Lipinski definition) is 3. The third kappa shape index (κ3) is 7.15. The molecule has 5 heteroatoms. The van der Waals surface area contributed by atoms with Crippen molar-refractivity contribution in [2.75, 3.05) is 19.6 Å². The van der Waals surface area contributed by atoms with E-state index in [-0.39, 0.29) is 17.9 Å². The van der Waals surface area contributed by atoms with Crippen molar-refractivity contribution in [1.82, 2.24) is 4.90 Å². The van der Waals surface area contributed by atoms with Crippen LogP contribution in [0.4, 0.5) is 0 Å². The average Bonchev–Trinajstić information content (AvgIpc) is 2.29. The predicted molar refractivity (Wildman–Crippen MR) is 75.7 cm³/mol. The lowest BCUT2D eigenvalue weighted by Gasteiger charge is -2.31. The number of carbonyl (C=O) groups excluding carboxylic acids is 1. The van der Waals surface area contributed by atoms with Crippen molar-refractivity contribution >= 4 is 11.9 Å². The van der Waals surface area contributed by atoms with Gasteiger partial charge in [-0.15, -0.1) is 0 Å². The molecule has 0 radical (unpaired) electrons. The van der Waals surface area contributed by atoms with Gasteiger partial charge in [0.05, 0.1) is 0 Å². The van der Waals surface area contributed by atoms with Gasteiger partial charge in [-0.1, -0.05) is 20.8 Å². The highest BCUT2D eigenvalue weighted by atomic mass is 16.4. The molecule has 0 aromatic heterocycles. The van der Waals surface area contributed by atoms with E-state index >= 15 is 0 Å². The van der Waals surface area contributed by atoms with E-state index in [2.05, 4.69) is 20.8 Å². The Morgan fingerprint density at radius 2 is 1.84 bits per heavy atom. The quantitative estimate of drug-likeness (QED) is 0.704. The highest BCUT2D eigenvalue weighted by molar-refractivity contribution is 5.81. The first-order valence-corrected chi connectivity index (χ1v) is 6.92. The lowest BCUT2D eigenvalue weighted by molar-refractivity contribution is -0.144. The third-order valence-electron chi connectivity index (χ3n) is 3.51. The summed E-state index contributed by atoms with van der Waals surface area (Å²) >= 11 is 0. The van der Waals surface area contributed by atoms with E-state index in [1.54, 1.807) is 6.92 Å². The zero-order chi connectivity index (χ0) is 15.1. The molecule has 112 valence electrons. The number of nitrogens with zero attached hydrogens (tertiary/aromatic N) is 1. The van der Waals surface area contributed by atoms with E-state index in [0.29, 0.717) is 25.4 Å². The van der Waals surface area contributed by atoms with Crippen LogP contribution in [0.15, 0.2) is 0 Å². The summed E-state index contributed by atoms with van der Waals surface area (Å²) in [4.78, 5) is 24.0. The number of likely N-dealkylation sites (N-methyl/N-ethyl adjacent to an activating group) is 1. The Balaban J connectivity index is 4.42. The van der Waals surface area contributed by atoms with Gasteiger partial charge in [0.2, 0.25) is 5.91 Å². The first-order valence-electron chi connectivity index (χ1n) is 6.92. The van der Waals surface area contributed by atoms with Crippen LogP contribution in [0.2, 0.25) is 0 Å². The fourth-order valence-electron chi connectivity index (χ4n) is 2.21. The van der Waals surface area contributed by atoms with Gasteiger partial charge in [-0.2, -0.15) is 0 Å². The predicted octanol–water partition coefficient (Wildman–Crippen LogP) is 1.71. The van der Waals surface area contributed by atoms with Gasteiger partial charge < -0.3 is 15.7 Å². The monoisotopic (exact) mass is 272 g/mol. The summed E-state index contributed by atoms with van der Waals surface area (Å²) in [6, 6.07) is 0. The van der Waals surface area contributed by atoms with E-state index in [9.17, 15) is 9.59 Å². The Morgan fingerprint density at radius 3 is 2.21 bits per heavy atom. The normalized spacial score (nSPS) is 13.1. The van der Waals surface area contributed by atoms with Crippen molar-refractivity contribution < 1.29 is 14.7 Å². The Bertz CT molecular complexity index is 298. The van der Waals surface area contributed by atoms with E-state index in [1.807, 2.05) is 0 Å². The van der Waals surface area contributed by atoms with Gasteiger partial charge in [-0.25, -0.2) is 0 Å². The minimum Gasteiger partial charge on any atom is -0.480 e. The van der Waals surface area contributed by atoms with Crippen LogP contribution in [0, 0.1) is 11.3 Å². The number of nitrogens with two attached hydrogens (primary N) is 1. The zero-order valence-corrected chi connectivity index (χ0v) is 12.6. The Hall–Kier alpha value is -1.10. The van der Waals surface area contributed by atoms with Crippen molar-refractivity contribution in [2.45, 2.75) is 47.0 Å². The standard InChI is InChI=1S/C14H28N2O3/c1-5-16(10-13(18)19)12(17)7-6-11(8-9-15)14(2,3)4/h11H,5-10,15H2,1-4H3,(H,18,19). The highest BCUT2D eigenvalue weighted by Gasteiger charge is 2.25. The minimum absolute atomic E-state index is 0.0869. The summed E-state index contributed by atoms with van der Waals surface area (Å²) in [5.74, 6) is -0.675. The maximum atomic E-state index is 12.0. The second-order valence-electron chi connectivity index (χ2n) is 5.98. The molecule has 5 nitrogen and oxygen atoms in total. The molecule has 0 bridgehead atoms. The first kappa shape index (κ1) is 17.9. The van der Waals surface area contributed by atoms with Crippen molar-refractivity contribution in [3.63, 3.8) is 0 Å². The van der Waals surface area contributed by atoms with Crippen LogP contribution in [0.3, 0.4) is 0 Å². The number of rotatable bonds is 8. The summed E-state index contributed by atoms with van der Waals surface area (Å²) in [7, 11) is 0. The van der Waals surface area contributed by atoms with Gasteiger partial charge in [-0.05, 0) is 37.6 Å². The summed E-state index contributed by atoms with van der Waals surface area (Å²) in [6.45, 7) is 9.06. The van der Waals surface area contributed by atoms with Crippen LogP contribution < -0.4 is 5.73 Å². The van der Waals surface area contributed by atoms with Crippen molar-refractivity contribution in [3.05, 3.63) is 0 Å². The van der Waals surface area contributed by atoms with Gasteiger partial charge >= 0.3 is 5.97 Å². The number of amides is 1. The van der Waals surface area contributed by atoms with Crippen molar-refractivity contribution in [1.29, 1.82) is 0 Å². The number of carboxylic acids is 1. The van der Waals surface area contributed by atoms with Crippen molar-refractivity contribution in [3.8, 4) is 0 Å². The topological polar surface area (TPSA) is 83.6 Å². The van der Waals surface area contributed by atoms with E-state index in [0.717, 1.165) is 12.8 Å². The molecule has 3 N–H and O–H groups in total. The largest absolute Gasteiger partial charge is 0.480 e. The molecule has 0 heterocycles. The maximum Gasteiger partial charge on any atom is 0.323 e. The van der Waals surface area contributed by atoms with Gasteiger partial charge in [0, 0.05) is 13.0 Å². The number of aliphatic carboxylic acids is 1. The molecular formula is C14H28N2O3. The molecule has 0 spiro atoms. The Morgan fingerprint density at radius 1 is 1.26 bits per heavy atom. The van der Waals surface area contributed by atoms with E-state index in [1.165, 1.54) is 4.90 Å². The van der Waals surface area contributed by atoms with Gasteiger partial charge in [0.1, 0.15) is 6.54 Å². The Labute approximate surface area is 116 Å². The molecule has 19 heavy (non-hydrogen) atoms. The molecule has 0 rings (SSSR count). The highest BCUT2D eigenvalue weighted by Crippen LogP contribution is 2.32. The molecule has 1 amide bonds. The second kappa shape index (κ2) is 8.15. The zero-order valence-electron chi connectivity index (χ0n) is 12.6. The van der Waals surface area contributed by atoms with Gasteiger partial charge in [0.25, 0.3) is 0 Å². The molecule has 0 aliphatic rings. The summed E-state index contributed by atoms with van der Waals surface area (Å²) in [5, 5.41) is 8.74. The fourth-order valence-corrected chi connectivity index (χ4v) is 2.21. The summed E-state index contributed by atoms with van der Waals surface area (Å²) < 4.78 is 0. The lowest BCUT2D eigenvalue weighted by Crippen LogP contribution is -2.36. The molecule has 1 atom stereocenters. The van der Waals surface area contributed by atoms with Crippen LogP contribution in [0.25, 0.3) is 0 Å². The van der Waals surface area contributed by atoms with Gasteiger partial charge in [-0.3, -0.25) is 9.59 Å². The van der Waals surface area contributed by atoms with Crippen LogP contribution in [-0.4, -0.2) is 41.5 Å². The smallest absolute Gasteiger partial charge is 0.323 e. The molecular weight excluding hydrogens is 244 g/mol. The molecule has 0 fully saturated rings. The maximum absolute atomic E-state index is 12.0. The summed E-state index contributed by atoms with van der Waals surface area (Å²) in [6.07, 6.45) is 2.04. The van der Waals surface area contributed by atoms with Crippen LogP contribution in [-0.2, 0) is 9.59 Å². The third-order valence-corrected chi connectivity index (χ3v) is 3.51. The molecule has 0 aliphatic heterocycles. The molecule has 0 aliphatic carbocycles. The molecule has 1 unspecified atom stereocenters. The second-order valence-corrected chi connectivity index (χ2v) is 5.98. The minimum atomic E-state index is -0.968. The lowest BCUT2D eigenvalue weighted by atomic mass is 9.76. The fraction of sp³-hybridized carbons (Fsp3) is 0.857. The Kier molecular flexibility index (Phi) is 7.68.